The number of nitrogens with zero attached hydrogens (tertiary/aromatic N) is 2. The third kappa shape index (κ3) is 4.29. The molecule has 0 saturated heterocycles. The standard InChI is InChI=1S/C15H19N3O3/c1-4-18(15(2,3)14(20)21)10-13(19)17-12-7-5-11(9-16)6-8-12/h5-8H,4,10H2,1-3H3,(H,17,19)(H,20,21). The van der Waals surface area contributed by atoms with Crippen LogP contribution in [0.3, 0.4) is 0 Å². The Labute approximate surface area is 124 Å². The topological polar surface area (TPSA) is 93.4 Å². The van der Waals surface area contributed by atoms with Crippen LogP contribution < -0.4 is 5.32 Å². The van der Waals surface area contributed by atoms with E-state index in [1.165, 1.54) is 0 Å². The lowest BCUT2D eigenvalue weighted by Crippen LogP contribution is -2.52. The highest BCUT2D eigenvalue weighted by Gasteiger charge is 2.34. The molecular weight excluding hydrogens is 270 g/mol. The number of nitriles is 1. The molecule has 0 bridgehead atoms. The molecule has 1 aromatic carbocycles. The van der Waals surface area contributed by atoms with E-state index in [4.69, 9.17) is 5.26 Å². The van der Waals surface area contributed by atoms with Crippen molar-refractivity contribution in [3.05, 3.63) is 29.8 Å². The number of likely N-dealkylation sites (N-methyl/N-ethyl adjacent to an activating group) is 1. The normalized spacial score (nSPS) is 11.0. The number of carbonyl (C=O) groups excluding carboxylic acids is 1. The molecule has 1 rings (SSSR count). The highest BCUT2D eigenvalue weighted by atomic mass is 16.4. The Bertz CT molecular complexity index is 559. The number of nitrogens with one attached hydrogen (secondary N) is 1. The van der Waals surface area contributed by atoms with E-state index in [1.54, 1.807) is 49.9 Å². The number of rotatable bonds is 6. The zero-order valence-electron chi connectivity index (χ0n) is 12.4. The number of carbonyl (C=O) groups is 2. The van der Waals surface area contributed by atoms with Crippen LogP contribution >= 0.6 is 0 Å². The van der Waals surface area contributed by atoms with Crippen molar-refractivity contribution in [2.75, 3.05) is 18.4 Å². The molecule has 0 fully saturated rings. The molecule has 0 aliphatic carbocycles. The van der Waals surface area contributed by atoms with E-state index in [2.05, 4.69) is 5.32 Å². The van der Waals surface area contributed by atoms with Gasteiger partial charge in [-0.1, -0.05) is 6.92 Å². The summed E-state index contributed by atoms with van der Waals surface area (Å²) >= 11 is 0. The maximum absolute atomic E-state index is 12.0. The van der Waals surface area contributed by atoms with Gasteiger partial charge < -0.3 is 10.4 Å². The molecule has 0 radical (unpaired) electrons. The number of aliphatic carboxylic acids is 1. The predicted octanol–water partition coefficient (Wildman–Crippen LogP) is 1.68. The Kier molecular flexibility index (Phi) is 5.44. The summed E-state index contributed by atoms with van der Waals surface area (Å²) < 4.78 is 0. The molecule has 0 aliphatic rings. The Morgan fingerprint density at radius 3 is 2.33 bits per heavy atom. The number of carboxylic acids is 1. The maximum atomic E-state index is 12.0. The van der Waals surface area contributed by atoms with Gasteiger partial charge in [-0.15, -0.1) is 0 Å². The van der Waals surface area contributed by atoms with Gasteiger partial charge >= 0.3 is 5.97 Å². The third-order valence-corrected chi connectivity index (χ3v) is 3.33. The van der Waals surface area contributed by atoms with E-state index in [1.807, 2.05) is 6.07 Å². The van der Waals surface area contributed by atoms with Crippen molar-refractivity contribution in [3.8, 4) is 6.07 Å². The molecule has 21 heavy (non-hydrogen) atoms. The fraction of sp³-hybridized carbons (Fsp3) is 0.400. The summed E-state index contributed by atoms with van der Waals surface area (Å²) in [6.07, 6.45) is 0. The quantitative estimate of drug-likeness (QED) is 0.831. The molecule has 0 spiro atoms. The van der Waals surface area contributed by atoms with Crippen LogP contribution in [0.4, 0.5) is 5.69 Å². The van der Waals surface area contributed by atoms with Crippen molar-refractivity contribution in [3.63, 3.8) is 0 Å². The van der Waals surface area contributed by atoms with Crippen molar-refractivity contribution in [1.82, 2.24) is 4.90 Å². The highest BCUT2D eigenvalue weighted by Crippen LogP contribution is 2.15. The molecule has 112 valence electrons. The zero-order valence-corrected chi connectivity index (χ0v) is 12.4. The van der Waals surface area contributed by atoms with Gasteiger partial charge in [0.15, 0.2) is 0 Å². The number of hydrogen-bond acceptors (Lipinski definition) is 4. The second-order valence-electron chi connectivity index (χ2n) is 5.12. The molecule has 0 unspecified atom stereocenters. The van der Waals surface area contributed by atoms with Crippen molar-refractivity contribution < 1.29 is 14.7 Å². The average molecular weight is 289 g/mol. The predicted molar refractivity (Wildman–Crippen MR) is 78.7 cm³/mol. The van der Waals surface area contributed by atoms with Crippen LogP contribution in [0.15, 0.2) is 24.3 Å². The van der Waals surface area contributed by atoms with E-state index in [0.29, 0.717) is 17.8 Å². The molecule has 0 saturated carbocycles. The summed E-state index contributed by atoms with van der Waals surface area (Å²) in [5.74, 6) is -1.27. The van der Waals surface area contributed by atoms with Crippen LogP contribution in [0.5, 0.6) is 0 Å². The second kappa shape index (κ2) is 6.86. The van der Waals surface area contributed by atoms with E-state index in [9.17, 15) is 14.7 Å². The molecule has 1 amide bonds. The van der Waals surface area contributed by atoms with E-state index < -0.39 is 11.5 Å². The van der Waals surface area contributed by atoms with E-state index >= 15 is 0 Å². The molecule has 6 heteroatoms. The van der Waals surface area contributed by atoms with Crippen LogP contribution in [-0.2, 0) is 9.59 Å². The first kappa shape index (κ1) is 16.7. The van der Waals surface area contributed by atoms with Gasteiger partial charge in [0.1, 0.15) is 5.54 Å². The lowest BCUT2D eigenvalue weighted by molar-refractivity contribution is -0.149. The fourth-order valence-electron chi connectivity index (χ4n) is 1.84. The smallest absolute Gasteiger partial charge is 0.323 e. The lowest BCUT2D eigenvalue weighted by atomic mass is 10.0. The van der Waals surface area contributed by atoms with E-state index in [-0.39, 0.29) is 12.5 Å². The van der Waals surface area contributed by atoms with Gasteiger partial charge in [0.25, 0.3) is 0 Å². The zero-order chi connectivity index (χ0) is 16.0. The van der Waals surface area contributed by atoms with Crippen LogP contribution in [0, 0.1) is 11.3 Å². The maximum Gasteiger partial charge on any atom is 0.323 e. The molecule has 0 aliphatic heterocycles. The summed E-state index contributed by atoms with van der Waals surface area (Å²) in [4.78, 5) is 24.8. The molecule has 6 nitrogen and oxygen atoms in total. The highest BCUT2D eigenvalue weighted by molar-refractivity contribution is 5.92. The Balaban J connectivity index is 2.71. The molecule has 2 N–H and O–H groups in total. The minimum Gasteiger partial charge on any atom is -0.480 e. The van der Waals surface area contributed by atoms with Gasteiger partial charge in [-0.05, 0) is 44.7 Å². The second-order valence-corrected chi connectivity index (χ2v) is 5.12. The van der Waals surface area contributed by atoms with Crippen molar-refractivity contribution in [2.24, 2.45) is 0 Å². The van der Waals surface area contributed by atoms with Crippen molar-refractivity contribution in [1.29, 1.82) is 5.26 Å². The van der Waals surface area contributed by atoms with Crippen molar-refractivity contribution in [2.45, 2.75) is 26.3 Å². The van der Waals surface area contributed by atoms with Crippen LogP contribution in [-0.4, -0.2) is 40.5 Å². The van der Waals surface area contributed by atoms with Crippen LogP contribution in [0.1, 0.15) is 26.3 Å². The number of hydrogen-bond donors (Lipinski definition) is 2. The molecule has 0 atom stereocenters. The summed E-state index contributed by atoms with van der Waals surface area (Å²) in [5, 5.41) is 20.6. The minimum atomic E-state index is -1.11. The Morgan fingerprint density at radius 2 is 1.90 bits per heavy atom. The summed E-state index contributed by atoms with van der Waals surface area (Å²) in [7, 11) is 0. The van der Waals surface area contributed by atoms with Gasteiger partial charge in [-0.3, -0.25) is 14.5 Å². The number of carboxylic acid groups (broad SMARTS) is 1. The Hall–Kier alpha value is -2.39. The molecular formula is C15H19N3O3. The van der Waals surface area contributed by atoms with Gasteiger partial charge in [-0.2, -0.15) is 5.26 Å². The number of amides is 1. The SMILES string of the molecule is CCN(CC(=O)Nc1ccc(C#N)cc1)C(C)(C)C(=O)O. The largest absolute Gasteiger partial charge is 0.480 e. The van der Waals surface area contributed by atoms with Gasteiger partial charge in [0.05, 0.1) is 18.2 Å². The van der Waals surface area contributed by atoms with Crippen LogP contribution in [0.2, 0.25) is 0 Å². The van der Waals surface area contributed by atoms with Gasteiger partial charge in [-0.25, -0.2) is 0 Å². The lowest BCUT2D eigenvalue weighted by Gasteiger charge is -2.33. The van der Waals surface area contributed by atoms with Crippen molar-refractivity contribution >= 4 is 17.6 Å². The summed E-state index contributed by atoms with van der Waals surface area (Å²) in [5.41, 5.74) is -0.0325. The van der Waals surface area contributed by atoms with Gasteiger partial charge in [0, 0.05) is 5.69 Å². The first-order valence-corrected chi connectivity index (χ1v) is 6.59. The summed E-state index contributed by atoms with van der Waals surface area (Å²) in [6.45, 7) is 5.36. The Morgan fingerprint density at radius 1 is 1.33 bits per heavy atom. The molecule has 0 aromatic heterocycles. The number of anilines is 1. The van der Waals surface area contributed by atoms with Crippen LogP contribution in [0.25, 0.3) is 0 Å². The first-order valence-electron chi connectivity index (χ1n) is 6.59. The summed E-state index contributed by atoms with van der Waals surface area (Å²) in [6, 6.07) is 8.47. The average Bonchev–Trinajstić information content (AvgIpc) is 2.45. The minimum absolute atomic E-state index is 0.0181. The monoisotopic (exact) mass is 289 g/mol. The molecule has 0 heterocycles. The first-order chi connectivity index (χ1) is 9.81. The van der Waals surface area contributed by atoms with Gasteiger partial charge in [0.2, 0.25) is 5.91 Å². The van der Waals surface area contributed by atoms with E-state index in [0.717, 1.165) is 0 Å². The fourth-order valence-corrected chi connectivity index (χ4v) is 1.84. The third-order valence-electron chi connectivity index (χ3n) is 3.33. The molecule has 1 aromatic rings. The number of benzene rings is 1.